The number of rotatable bonds is 7. The molecule has 6 nitrogen and oxygen atoms in total. The Morgan fingerprint density at radius 3 is 2.18 bits per heavy atom. The zero-order valence-corrected chi connectivity index (χ0v) is 22.1. The number of halogens is 4. The van der Waals surface area contributed by atoms with Crippen molar-refractivity contribution in [2.75, 3.05) is 10.6 Å². The van der Waals surface area contributed by atoms with Gasteiger partial charge in [-0.15, -0.1) is 0 Å². The summed E-state index contributed by atoms with van der Waals surface area (Å²) in [5, 5.41) is 13.2. The van der Waals surface area contributed by atoms with E-state index in [1.54, 1.807) is 6.20 Å². The van der Waals surface area contributed by atoms with Crippen molar-refractivity contribution in [3.05, 3.63) is 118 Å². The van der Waals surface area contributed by atoms with Gasteiger partial charge >= 0.3 is 12.2 Å². The van der Waals surface area contributed by atoms with Gasteiger partial charge in [0.15, 0.2) is 0 Å². The Balaban J connectivity index is 1.19. The number of carbonyl (C=O) groups is 1. The lowest BCUT2D eigenvalue weighted by Gasteiger charge is -2.12. The van der Waals surface area contributed by atoms with E-state index in [9.17, 15) is 18.0 Å². The van der Waals surface area contributed by atoms with Crippen LogP contribution in [-0.4, -0.2) is 15.6 Å². The number of benzene rings is 3. The summed E-state index contributed by atoms with van der Waals surface area (Å²) < 4.78 is 40.8. The molecule has 39 heavy (non-hydrogen) atoms. The van der Waals surface area contributed by atoms with E-state index in [0.29, 0.717) is 6.54 Å². The number of hydrogen-bond acceptors (Lipinski definition) is 3. The minimum atomic E-state index is -4.42. The standard InChI is InChI=1S/C29H23BrF3N5O/c30-25-18-36-38-26(25)14-22(21-4-2-1-3-5-21)15-27(38)34-16-19-6-8-20(9-7-19)17-35-28(39)37-24-12-10-23(11-13-24)29(31,32)33/h1-15,18,34H,16-17H2,(H2,35,37,39). The van der Waals surface area contributed by atoms with E-state index in [2.05, 4.69) is 61.2 Å². The molecule has 0 unspecified atom stereocenters. The number of hydrogen-bond donors (Lipinski definition) is 3. The molecular formula is C29H23BrF3N5O. The third-order valence-electron chi connectivity index (χ3n) is 6.10. The zero-order valence-electron chi connectivity index (χ0n) is 20.5. The van der Waals surface area contributed by atoms with Gasteiger partial charge < -0.3 is 16.0 Å². The summed E-state index contributed by atoms with van der Waals surface area (Å²) in [7, 11) is 0. The van der Waals surface area contributed by atoms with Crippen molar-refractivity contribution in [2.45, 2.75) is 19.3 Å². The molecule has 0 aliphatic carbocycles. The Morgan fingerprint density at radius 2 is 1.51 bits per heavy atom. The predicted octanol–water partition coefficient (Wildman–Crippen LogP) is 7.72. The zero-order chi connectivity index (χ0) is 27.4. The number of nitrogens with zero attached hydrogens (tertiary/aromatic N) is 2. The number of urea groups is 1. The number of carbonyl (C=O) groups excluding carboxylic acids is 1. The molecule has 0 saturated carbocycles. The molecule has 0 aliphatic heterocycles. The maximum Gasteiger partial charge on any atom is 0.416 e. The number of alkyl halides is 3. The number of anilines is 2. The van der Waals surface area contributed by atoms with Gasteiger partial charge in [-0.25, -0.2) is 9.31 Å². The van der Waals surface area contributed by atoms with Crippen molar-refractivity contribution in [1.82, 2.24) is 14.9 Å². The summed E-state index contributed by atoms with van der Waals surface area (Å²) in [6.07, 6.45) is -2.65. The first-order chi connectivity index (χ1) is 18.8. The highest BCUT2D eigenvalue weighted by Gasteiger charge is 2.30. The Kier molecular flexibility index (Phi) is 7.56. The van der Waals surface area contributed by atoms with E-state index in [1.807, 2.05) is 47.0 Å². The van der Waals surface area contributed by atoms with Crippen LogP contribution in [0.1, 0.15) is 16.7 Å². The molecule has 5 rings (SSSR count). The van der Waals surface area contributed by atoms with Crippen molar-refractivity contribution in [3.63, 3.8) is 0 Å². The van der Waals surface area contributed by atoms with Crippen LogP contribution in [0.25, 0.3) is 16.6 Å². The van der Waals surface area contributed by atoms with E-state index < -0.39 is 17.8 Å². The summed E-state index contributed by atoms with van der Waals surface area (Å²) in [5.74, 6) is 0.850. The highest BCUT2D eigenvalue weighted by Crippen LogP contribution is 2.30. The van der Waals surface area contributed by atoms with Crippen molar-refractivity contribution in [2.24, 2.45) is 0 Å². The molecule has 5 aromatic rings. The molecule has 2 heterocycles. The fourth-order valence-corrected chi connectivity index (χ4v) is 4.42. The van der Waals surface area contributed by atoms with E-state index in [-0.39, 0.29) is 12.2 Å². The average molecular weight is 594 g/mol. The van der Waals surface area contributed by atoms with E-state index in [1.165, 1.54) is 12.1 Å². The summed E-state index contributed by atoms with van der Waals surface area (Å²) in [5.41, 5.74) is 4.56. The monoisotopic (exact) mass is 593 g/mol. The van der Waals surface area contributed by atoms with E-state index >= 15 is 0 Å². The molecule has 3 N–H and O–H groups in total. The molecule has 0 saturated heterocycles. The van der Waals surface area contributed by atoms with Crippen LogP contribution < -0.4 is 16.0 Å². The van der Waals surface area contributed by atoms with E-state index in [0.717, 1.165) is 50.2 Å². The minimum Gasteiger partial charge on any atom is -0.366 e. The van der Waals surface area contributed by atoms with Crippen LogP contribution in [0, 0.1) is 0 Å². The minimum absolute atomic E-state index is 0.265. The molecule has 198 valence electrons. The first-order valence-electron chi connectivity index (χ1n) is 12.0. The van der Waals surface area contributed by atoms with Crippen molar-refractivity contribution in [3.8, 4) is 11.1 Å². The topological polar surface area (TPSA) is 70.5 Å². The smallest absolute Gasteiger partial charge is 0.366 e. The van der Waals surface area contributed by atoms with Crippen LogP contribution in [0.2, 0.25) is 0 Å². The average Bonchev–Trinajstić information content (AvgIpc) is 3.32. The molecule has 0 radical (unpaired) electrons. The lowest BCUT2D eigenvalue weighted by Crippen LogP contribution is -2.28. The van der Waals surface area contributed by atoms with Crippen LogP contribution >= 0.6 is 15.9 Å². The van der Waals surface area contributed by atoms with Gasteiger partial charge in [-0.3, -0.25) is 0 Å². The van der Waals surface area contributed by atoms with Crippen molar-refractivity contribution >= 4 is 39.0 Å². The van der Waals surface area contributed by atoms with Crippen LogP contribution in [0.5, 0.6) is 0 Å². The Morgan fingerprint density at radius 1 is 0.846 bits per heavy atom. The molecule has 2 aromatic heterocycles. The molecule has 10 heteroatoms. The van der Waals surface area contributed by atoms with Gasteiger partial charge in [-0.1, -0.05) is 54.6 Å². The Labute approximate surface area is 231 Å². The third kappa shape index (κ3) is 6.40. The van der Waals surface area contributed by atoms with Gasteiger partial charge in [0, 0.05) is 18.8 Å². The SMILES string of the molecule is O=C(NCc1ccc(CNc2cc(-c3ccccc3)cc3c(Br)cnn23)cc1)Nc1ccc(C(F)(F)F)cc1. The molecule has 2 amide bonds. The highest BCUT2D eigenvalue weighted by molar-refractivity contribution is 9.10. The maximum absolute atomic E-state index is 12.7. The molecule has 0 spiro atoms. The van der Waals surface area contributed by atoms with Crippen molar-refractivity contribution < 1.29 is 18.0 Å². The molecule has 3 aromatic carbocycles. The van der Waals surface area contributed by atoms with Gasteiger partial charge in [0.2, 0.25) is 0 Å². The number of fused-ring (bicyclic) bond motifs is 1. The first-order valence-corrected chi connectivity index (χ1v) is 12.8. The maximum atomic E-state index is 12.7. The second-order valence-electron chi connectivity index (χ2n) is 8.84. The lowest BCUT2D eigenvalue weighted by atomic mass is 10.1. The molecule has 0 atom stereocenters. The van der Waals surface area contributed by atoms with Gasteiger partial charge in [0.25, 0.3) is 0 Å². The normalized spacial score (nSPS) is 11.4. The third-order valence-corrected chi connectivity index (χ3v) is 6.71. The van der Waals surface area contributed by atoms with Crippen LogP contribution in [0.4, 0.5) is 29.5 Å². The van der Waals surface area contributed by atoms with Crippen LogP contribution in [0.15, 0.2) is 102 Å². The first kappa shape index (κ1) is 26.3. The number of amides is 2. The molecule has 0 aliphatic rings. The predicted molar refractivity (Wildman–Crippen MR) is 149 cm³/mol. The summed E-state index contributed by atoms with van der Waals surface area (Å²) in [4.78, 5) is 12.2. The van der Waals surface area contributed by atoms with Crippen LogP contribution in [-0.2, 0) is 19.3 Å². The van der Waals surface area contributed by atoms with E-state index in [4.69, 9.17) is 0 Å². The fraction of sp³-hybridized carbons (Fsp3) is 0.103. The summed E-state index contributed by atoms with van der Waals surface area (Å²) in [6.45, 7) is 0.828. The second-order valence-corrected chi connectivity index (χ2v) is 9.69. The Bertz CT molecular complexity index is 1580. The fourth-order valence-electron chi connectivity index (χ4n) is 4.05. The lowest BCUT2D eigenvalue weighted by molar-refractivity contribution is -0.137. The second kappa shape index (κ2) is 11.2. The number of aromatic nitrogens is 2. The molecular weight excluding hydrogens is 571 g/mol. The summed E-state index contributed by atoms with van der Waals surface area (Å²) >= 11 is 3.58. The number of nitrogens with one attached hydrogen (secondary N) is 3. The van der Waals surface area contributed by atoms with Gasteiger partial charge in [0.1, 0.15) is 5.82 Å². The summed E-state index contributed by atoms with van der Waals surface area (Å²) in [6, 6.07) is 25.8. The Hall–Kier alpha value is -4.31. The number of pyridine rings is 1. The highest BCUT2D eigenvalue weighted by atomic mass is 79.9. The van der Waals surface area contributed by atoms with Crippen molar-refractivity contribution in [1.29, 1.82) is 0 Å². The molecule has 0 bridgehead atoms. The van der Waals surface area contributed by atoms with Crippen LogP contribution in [0.3, 0.4) is 0 Å². The quantitative estimate of drug-likeness (QED) is 0.181. The van der Waals surface area contributed by atoms with Gasteiger partial charge in [0.05, 0.1) is 21.7 Å². The largest absolute Gasteiger partial charge is 0.416 e. The molecule has 0 fully saturated rings. The van der Waals surface area contributed by atoms with Gasteiger partial charge in [-0.05, 0) is 74.6 Å². The van der Waals surface area contributed by atoms with Gasteiger partial charge in [-0.2, -0.15) is 18.3 Å².